The van der Waals surface area contributed by atoms with Gasteiger partial charge in [0.2, 0.25) is 5.95 Å². The summed E-state index contributed by atoms with van der Waals surface area (Å²) in [5, 5.41) is 22.9. The maximum absolute atomic E-state index is 13.5. The Morgan fingerprint density at radius 2 is 1.77 bits per heavy atom. The van der Waals surface area contributed by atoms with Gasteiger partial charge >= 0.3 is 15.6 Å². The largest absolute Gasteiger partial charge is 0.472 e. The van der Waals surface area contributed by atoms with Crippen LogP contribution in [0.15, 0.2) is 23.8 Å². The Hall–Kier alpha value is -3.40. The third kappa shape index (κ3) is 3.88. The zero-order chi connectivity index (χ0) is 32.8. The normalized spacial score (nSPS) is 44.3. The average molecular weight is 696 g/mol. The number of hydrogen-bond donors (Lipinski definition) is 7. The number of nitrogens with two attached hydrogens (primary N) is 2. The minimum atomic E-state index is -5.02. The van der Waals surface area contributed by atoms with E-state index in [-0.39, 0.29) is 35.3 Å². The van der Waals surface area contributed by atoms with Gasteiger partial charge in [-0.15, -0.1) is 0 Å². The third-order valence-electron chi connectivity index (χ3n) is 10.1. The maximum atomic E-state index is 13.5. The highest BCUT2D eigenvalue weighted by molar-refractivity contribution is 7.47. The van der Waals surface area contributed by atoms with E-state index < -0.39 is 88.0 Å². The highest BCUT2D eigenvalue weighted by atomic mass is 31.2. The molecule has 4 aromatic rings. The van der Waals surface area contributed by atoms with Crippen molar-refractivity contribution in [2.75, 3.05) is 24.7 Å². The van der Waals surface area contributed by atoms with Crippen LogP contribution in [0.3, 0.4) is 0 Å². The van der Waals surface area contributed by atoms with E-state index in [1.54, 1.807) is 4.57 Å². The summed E-state index contributed by atoms with van der Waals surface area (Å²) in [4.78, 5) is 56.9. The second kappa shape index (κ2) is 9.39. The predicted molar refractivity (Wildman–Crippen MR) is 152 cm³/mol. The van der Waals surface area contributed by atoms with E-state index in [0.29, 0.717) is 11.2 Å². The fraction of sp³-hybridized carbons (Fsp3) is 0.565. The SMILES string of the molecule is Nc1nc2c(ncn2C2OC3COP(=O)(O)OC45C(O)C(n6cnc7c(N)ncnc76)C6CC4(COP(=O)(O)OC2C3O)C65)c(=O)[nH]1. The van der Waals surface area contributed by atoms with Crippen LogP contribution in [-0.2, 0) is 32.0 Å². The van der Waals surface area contributed by atoms with Crippen LogP contribution in [-0.4, -0.2) is 102 Å². The summed E-state index contributed by atoms with van der Waals surface area (Å²) in [7, 11) is -10.0. The number of aliphatic hydroxyl groups excluding tert-OH is 2. The van der Waals surface area contributed by atoms with Gasteiger partial charge in [-0.2, -0.15) is 4.98 Å². The van der Waals surface area contributed by atoms with Crippen molar-refractivity contribution in [1.82, 2.24) is 39.0 Å². The van der Waals surface area contributed by atoms with Gasteiger partial charge in [-0.3, -0.25) is 32.4 Å². The van der Waals surface area contributed by atoms with Crippen molar-refractivity contribution < 1.29 is 52.0 Å². The number of ether oxygens (including phenoxy) is 1. The lowest BCUT2D eigenvalue weighted by Gasteiger charge is -2.44. The van der Waals surface area contributed by atoms with Gasteiger partial charge in [0.15, 0.2) is 28.9 Å². The van der Waals surface area contributed by atoms with Crippen molar-refractivity contribution in [3.05, 3.63) is 29.3 Å². The lowest BCUT2D eigenvalue weighted by molar-refractivity contribution is -0.0971. The molecule has 250 valence electrons. The summed E-state index contributed by atoms with van der Waals surface area (Å²) in [6.07, 6.45) is -3.68. The molecule has 2 bridgehead atoms. The molecule has 0 amide bonds. The van der Waals surface area contributed by atoms with Crippen molar-refractivity contribution in [2.24, 2.45) is 17.3 Å². The molecule has 3 saturated carbocycles. The van der Waals surface area contributed by atoms with Gasteiger partial charge in [-0.25, -0.2) is 29.1 Å². The van der Waals surface area contributed by atoms with Crippen LogP contribution in [0.2, 0.25) is 0 Å². The first-order valence-electron chi connectivity index (χ1n) is 14.3. The summed E-state index contributed by atoms with van der Waals surface area (Å²) in [5.41, 5.74) is 8.44. The molecule has 2 aliphatic heterocycles. The summed E-state index contributed by atoms with van der Waals surface area (Å²) in [6.45, 7) is -1.28. The van der Waals surface area contributed by atoms with Crippen LogP contribution in [0.5, 0.6) is 0 Å². The topological polar surface area (TPSA) is 320 Å². The number of phosphoric acid groups is 2. The summed E-state index contributed by atoms with van der Waals surface area (Å²) in [5.74, 6) is -1.08. The third-order valence-corrected chi connectivity index (χ3v) is 12.1. The fourth-order valence-corrected chi connectivity index (χ4v) is 10.5. The van der Waals surface area contributed by atoms with Crippen molar-refractivity contribution in [2.45, 2.75) is 48.7 Å². The van der Waals surface area contributed by atoms with Crippen LogP contribution in [0.4, 0.5) is 11.8 Å². The Bertz CT molecular complexity index is 2140. The summed E-state index contributed by atoms with van der Waals surface area (Å²) < 4.78 is 57.5. The van der Waals surface area contributed by atoms with Crippen LogP contribution < -0.4 is 17.0 Å². The minimum Gasteiger partial charge on any atom is -0.388 e. The van der Waals surface area contributed by atoms with Gasteiger partial charge in [0, 0.05) is 11.3 Å². The molecule has 24 heteroatoms. The number of aromatic nitrogens is 8. The molecular formula is C23H26N10O12P2. The standard InChI is InChI=1S/C23H26N10O12P2/c24-16-9-17(27-4-26-16)32(5-28-9)11-7-1-22-3-42-46(37,38)44-13-12(34)8(2-41-47(39,40)45-23(22,14(7)22)15(11)35)43-20(13)33-6-29-10-18(33)30-21(25)31-19(10)36/h4-8,11-15,20,34-35H,1-3H2,(H,37,38)(H,39,40)(H2,24,26,27)(H3,25,30,31,36). The number of rotatable bonds is 2. The molecule has 2 spiro atoms. The van der Waals surface area contributed by atoms with Crippen molar-refractivity contribution in [1.29, 1.82) is 0 Å². The number of anilines is 2. The maximum Gasteiger partial charge on any atom is 0.472 e. The van der Waals surface area contributed by atoms with Gasteiger partial charge < -0.3 is 40.8 Å². The molecule has 47 heavy (non-hydrogen) atoms. The molecule has 0 aromatic carbocycles. The van der Waals surface area contributed by atoms with Crippen molar-refractivity contribution in [3.8, 4) is 0 Å². The zero-order valence-electron chi connectivity index (χ0n) is 23.7. The highest BCUT2D eigenvalue weighted by Crippen LogP contribution is 2.89. The van der Waals surface area contributed by atoms with E-state index >= 15 is 0 Å². The molecule has 4 aromatic heterocycles. The lowest BCUT2D eigenvalue weighted by atomic mass is 9.68. The first-order valence-corrected chi connectivity index (χ1v) is 17.3. The van der Waals surface area contributed by atoms with E-state index in [9.17, 15) is 33.9 Å². The number of phosphoric ester groups is 2. The molecule has 0 radical (unpaired) electrons. The van der Waals surface area contributed by atoms with E-state index in [4.69, 9.17) is 34.3 Å². The number of H-pyrrole nitrogens is 1. The van der Waals surface area contributed by atoms with Crippen LogP contribution >= 0.6 is 15.6 Å². The molecule has 5 aliphatic rings. The van der Waals surface area contributed by atoms with Gasteiger partial charge in [0.25, 0.3) is 5.56 Å². The highest BCUT2D eigenvalue weighted by Gasteiger charge is 2.96. The average Bonchev–Trinajstić information content (AvgIpc) is 3.55. The Kier molecular flexibility index (Phi) is 5.94. The number of nitrogens with one attached hydrogen (secondary N) is 1. The summed E-state index contributed by atoms with van der Waals surface area (Å²) >= 11 is 0. The van der Waals surface area contributed by atoms with Crippen LogP contribution in [0, 0.1) is 17.3 Å². The molecule has 2 saturated heterocycles. The van der Waals surface area contributed by atoms with Crippen molar-refractivity contribution in [3.63, 3.8) is 0 Å². The fourth-order valence-electron chi connectivity index (χ4n) is 8.30. The van der Waals surface area contributed by atoms with E-state index in [0.717, 1.165) is 10.9 Å². The molecule has 9 N–H and O–H groups in total. The predicted octanol–water partition coefficient (Wildman–Crippen LogP) is -1.68. The molecular weight excluding hydrogens is 670 g/mol. The zero-order valence-corrected chi connectivity index (χ0v) is 25.5. The molecule has 12 atom stereocenters. The van der Waals surface area contributed by atoms with Crippen LogP contribution in [0.25, 0.3) is 22.3 Å². The number of hydrogen-bond acceptors (Lipinski definition) is 17. The molecule has 5 fully saturated rings. The first kappa shape index (κ1) is 29.7. The quantitative estimate of drug-likeness (QED) is 0.115. The van der Waals surface area contributed by atoms with Gasteiger partial charge in [0.05, 0.1) is 31.9 Å². The van der Waals surface area contributed by atoms with E-state index in [1.165, 1.54) is 12.7 Å². The molecule has 6 heterocycles. The van der Waals surface area contributed by atoms with Gasteiger partial charge in [-0.1, -0.05) is 0 Å². The van der Waals surface area contributed by atoms with Crippen LogP contribution in [0.1, 0.15) is 18.7 Å². The second-order valence-corrected chi connectivity index (χ2v) is 15.1. The molecule has 22 nitrogen and oxygen atoms in total. The van der Waals surface area contributed by atoms with E-state index in [2.05, 4.69) is 29.9 Å². The Labute approximate surface area is 260 Å². The molecule has 3 aliphatic carbocycles. The number of aliphatic hydroxyl groups is 2. The monoisotopic (exact) mass is 696 g/mol. The Morgan fingerprint density at radius 3 is 2.57 bits per heavy atom. The van der Waals surface area contributed by atoms with E-state index in [1.807, 2.05) is 0 Å². The minimum absolute atomic E-state index is 0.0971. The molecule has 12 unspecified atom stereocenters. The molecule has 9 rings (SSSR count). The smallest absolute Gasteiger partial charge is 0.388 e. The lowest BCUT2D eigenvalue weighted by Crippen LogP contribution is -2.49. The number of nitrogen functional groups attached to an aromatic ring is 2. The summed E-state index contributed by atoms with van der Waals surface area (Å²) in [6, 6.07) is -0.726. The van der Waals surface area contributed by atoms with Crippen molar-refractivity contribution >= 4 is 49.7 Å². The van der Waals surface area contributed by atoms with Gasteiger partial charge in [-0.05, 0) is 12.3 Å². The van der Waals surface area contributed by atoms with Gasteiger partial charge in [0.1, 0.15) is 41.9 Å². The first-order chi connectivity index (χ1) is 22.3. The second-order valence-electron chi connectivity index (χ2n) is 12.3. The Balaban J connectivity index is 1.06. The number of fused-ring (bicyclic) bond motifs is 4. The Morgan fingerprint density at radius 1 is 1.00 bits per heavy atom. The number of aromatic amines is 1. The number of nitrogens with zero attached hydrogens (tertiary/aromatic N) is 7. The number of imidazole rings is 2.